The monoisotopic (exact) mass is 416 g/mol. The number of amides is 1. The minimum absolute atomic E-state index is 0. The number of rotatable bonds is 9. The molecule has 0 saturated heterocycles. The molecule has 2 N–H and O–H groups in total. The van der Waals surface area contributed by atoms with Gasteiger partial charge < -0.3 is 15.4 Å². The van der Waals surface area contributed by atoms with Crippen molar-refractivity contribution in [3.05, 3.63) is 65.7 Å². The number of carbonyl (C=O) groups excluding carboxylic acids is 1. The summed E-state index contributed by atoms with van der Waals surface area (Å²) in [5.41, 5.74) is 7.46. The molecule has 1 aliphatic carbocycles. The topological polar surface area (TPSA) is 55.6 Å². The van der Waals surface area contributed by atoms with Crippen molar-refractivity contribution in [2.75, 3.05) is 19.6 Å². The molecule has 0 aliphatic heterocycles. The van der Waals surface area contributed by atoms with Crippen molar-refractivity contribution < 1.29 is 9.53 Å². The molecule has 0 heterocycles. The van der Waals surface area contributed by atoms with Gasteiger partial charge >= 0.3 is 0 Å². The summed E-state index contributed by atoms with van der Waals surface area (Å²) in [5.74, 6) is 1.31. The van der Waals surface area contributed by atoms with Gasteiger partial charge in [0.15, 0.2) is 0 Å². The summed E-state index contributed by atoms with van der Waals surface area (Å²) in [5, 5.41) is 0. The summed E-state index contributed by atoms with van der Waals surface area (Å²) in [7, 11) is 0. The van der Waals surface area contributed by atoms with Gasteiger partial charge in [0, 0.05) is 13.1 Å². The number of nitrogens with two attached hydrogens (primary N) is 1. The van der Waals surface area contributed by atoms with Crippen LogP contribution in [0.1, 0.15) is 54.4 Å². The lowest BCUT2D eigenvalue weighted by atomic mass is 9.88. The molecule has 3 rings (SSSR count). The normalized spacial score (nSPS) is 14.1. The Balaban J connectivity index is 0.00000300. The van der Waals surface area contributed by atoms with Gasteiger partial charge in [-0.05, 0) is 49.4 Å². The Hall–Kier alpha value is -2.04. The SMILES string of the molecule is Cl.NCCCN(CC1CCCCC1)C(=O)c1ccccc1OCc1ccccc1. The number of carbonyl (C=O) groups is 1. The minimum atomic E-state index is 0. The van der Waals surface area contributed by atoms with Crippen molar-refractivity contribution >= 4 is 18.3 Å². The molecule has 0 bridgehead atoms. The van der Waals surface area contributed by atoms with E-state index < -0.39 is 0 Å². The molecule has 5 heteroatoms. The van der Waals surface area contributed by atoms with Crippen LogP contribution in [0.2, 0.25) is 0 Å². The Kier molecular flexibility index (Phi) is 10.0. The number of halogens is 1. The first-order chi connectivity index (χ1) is 13.8. The van der Waals surface area contributed by atoms with Crippen molar-refractivity contribution in [3.63, 3.8) is 0 Å². The number of para-hydroxylation sites is 1. The van der Waals surface area contributed by atoms with Gasteiger partial charge in [0.25, 0.3) is 5.91 Å². The van der Waals surface area contributed by atoms with Crippen molar-refractivity contribution in [3.8, 4) is 5.75 Å². The summed E-state index contributed by atoms with van der Waals surface area (Å²) < 4.78 is 6.02. The number of hydrogen-bond acceptors (Lipinski definition) is 3. The summed E-state index contributed by atoms with van der Waals surface area (Å²) >= 11 is 0. The molecule has 0 spiro atoms. The summed E-state index contributed by atoms with van der Waals surface area (Å²) in [4.78, 5) is 15.4. The van der Waals surface area contributed by atoms with Gasteiger partial charge in [-0.15, -0.1) is 12.4 Å². The highest BCUT2D eigenvalue weighted by Crippen LogP contribution is 2.27. The average molecular weight is 417 g/mol. The summed E-state index contributed by atoms with van der Waals surface area (Å²) in [6.07, 6.45) is 7.15. The van der Waals surface area contributed by atoms with Crippen LogP contribution < -0.4 is 10.5 Å². The lowest BCUT2D eigenvalue weighted by molar-refractivity contribution is 0.0708. The van der Waals surface area contributed by atoms with Gasteiger partial charge in [0.2, 0.25) is 0 Å². The van der Waals surface area contributed by atoms with E-state index >= 15 is 0 Å². The summed E-state index contributed by atoms with van der Waals surface area (Å²) in [6.45, 7) is 2.59. The second kappa shape index (κ2) is 12.5. The van der Waals surface area contributed by atoms with E-state index in [9.17, 15) is 4.79 Å². The van der Waals surface area contributed by atoms with Gasteiger partial charge in [-0.25, -0.2) is 0 Å². The van der Waals surface area contributed by atoms with E-state index in [1.54, 1.807) is 0 Å². The van der Waals surface area contributed by atoms with Crippen LogP contribution in [0.4, 0.5) is 0 Å². The first-order valence-electron chi connectivity index (χ1n) is 10.5. The largest absolute Gasteiger partial charge is 0.488 e. The lowest BCUT2D eigenvalue weighted by Crippen LogP contribution is -2.37. The van der Waals surface area contributed by atoms with E-state index in [0.717, 1.165) is 18.5 Å². The highest BCUT2D eigenvalue weighted by atomic mass is 35.5. The molecule has 29 heavy (non-hydrogen) atoms. The summed E-state index contributed by atoms with van der Waals surface area (Å²) in [6, 6.07) is 17.6. The van der Waals surface area contributed by atoms with Crippen molar-refractivity contribution in [1.82, 2.24) is 4.90 Å². The molecule has 0 aromatic heterocycles. The number of ether oxygens (including phenoxy) is 1. The molecule has 0 radical (unpaired) electrons. The fourth-order valence-corrected chi connectivity index (χ4v) is 3.91. The predicted molar refractivity (Wildman–Crippen MR) is 121 cm³/mol. The van der Waals surface area contributed by atoms with Crippen LogP contribution >= 0.6 is 12.4 Å². The molecule has 1 fully saturated rings. The van der Waals surface area contributed by atoms with E-state index in [2.05, 4.69) is 0 Å². The predicted octanol–water partition coefficient (Wildman–Crippen LogP) is 5.06. The minimum Gasteiger partial charge on any atom is -0.488 e. The Morgan fingerprint density at radius 2 is 1.69 bits per heavy atom. The van der Waals surface area contributed by atoms with Crippen molar-refractivity contribution in [2.24, 2.45) is 11.7 Å². The average Bonchev–Trinajstić information content (AvgIpc) is 2.76. The Morgan fingerprint density at radius 1 is 1.00 bits per heavy atom. The van der Waals surface area contributed by atoms with Crippen molar-refractivity contribution in [2.45, 2.75) is 45.1 Å². The van der Waals surface area contributed by atoms with Crippen LogP contribution in [-0.2, 0) is 6.61 Å². The first kappa shape index (κ1) is 23.2. The second-order valence-corrected chi connectivity index (χ2v) is 7.67. The maximum atomic E-state index is 13.4. The molecule has 1 aliphatic rings. The molecule has 1 saturated carbocycles. The van der Waals surface area contributed by atoms with Crippen molar-refractivity contribution in [1.29, 1.82) is 0 Å². The first-order valence-corrected chi connectivity index (χ1v) is 10.5. The lowest BCUT2D eigenvalue weighted by Gasteiger charge is -2.30. The zero-order valence-electron chi connectivity index (χ0n) is 17.1. The molecular formula is C24H33ClN2O2. The van der Waals surface area contributed by atoms with Crippen LogP contribution in [0.5, 0.6) is 5.75 Å². The van der Waals surface area contributed by atoms with Crippen LogP contribution in [0.25, 0.3) is 0 Å². The number of nitrogens with zero attached hydrogens (tertiary/aromatic N) is 1. The van der Waals surface area contributed by atoms with E-state index in [-0.39, 0.29) is 18.3 Å². The molecular weight excluding hydrogens is 384 g/mol. The molecule has 4 nitrogen and oxygen atoms in total. The Bertz CT molecular complexity index is 733. The third-order valence-corrected chi connectivity index (χ3v) is 5.48. The van der Waals surface area contributed by atoms with E-state index in [4.69, 9.17) is 10.5 Å². The van der Waals surface area contributed by atoms with E-state index in [1.165, 1.54) is 32.1 Å². The number of benzene rings is 2. The third kappa shape index (κ3) is 7.06. The standard InChI is InChI=1S/C24H32N2O2.ClH/c25-16-9-17-26(18-20-10-3-1-4-11-20)24(27)22-14-7-8-15-23(22)28-19-21-12-5-2-6-13-21;/h2,5-8,12-15,20H,1,3-4,9-11,16-19,25H2;1H. The highest BCUT2D eigenvalue weighted by molar-refractivity contribution is 5.97. The quantitative estimate of drug-likeness (QED) is 0.621. The van der Waals surface area contributed by atoms with Gasteiger partial charge in [-0.3, -0.25) is 4.79 Å². The fraction of sp³-hybridized carbons (Fsp3) is 0.458. The maximum absolute atomic E-state index is 13.4. The molecule has 0 unspecified atom stereocenters. The molecule has 158 valence electrons. The van der Waals surface area contributed by atoms with E-state index in [0.29, 0.717) is 36.9 Å². The van der Waals surface area contributed by atoms with Gasteiger partial charge in [0.1, 0.15) is 12.4 Å². The smallest absolute Gasteiger partial charge is 0.257 e. The molecule has 0 atom stereocenters. The zero-order chi connectivity index (χ0) is 19.6. The molecule has 2 aromatic rings. The number of hydrogen-bond donors (Lipinski definition) is 1. The second-order valence-electron chi connectivity index (χ2n) is 7.67. The van der Waals surface area contributed by atoms with Crippen LogP contribution in [0.3, 0.4) is 0 Å². The van der Waals surface area contributed by atoms with Gasteiger partial charge in [0.05, 0.1) is 5.56 Å². The van der Waals surface area contributed by atoms with Crippen LogP contribution in [0.15, 0.2) is 54.6 Å². The third-order valence-electron chi connectivity index (χ3n) is 5.48. The molecule has 2 aromatic carbocycles. The zero-order valence-corrected chi connectivity index (χ0v) is 17.9. The van der Waals surface area contributed by atoms with Gasteiger partial charge in [-0.1, -0.05) is 61.7 Å². The fourth-order valence-electron chi connectivity index (χ4n) is 3.91. The Labute approximate surface area is 180 Å². The molecule has 1 amide bonds. The van der Waals surface area contributed by atoms with Crippen LogP contribution in [0, 0.1) is 5.92 Å². The van der Waals surface area contributed by atoms with Gasteiger partial charge in [-0.2, -0.15) is 0 Å². The van der Waals surface area contributed by atoms with E-state index in [1.807, 2.05) is 59.5 Å². The highest BCUT2D eigenvalue weighted by Gasteiger charge is 2.23. The van der Waals surface area contributed by atoms with Crippen LogP contribution in [-0.4, -0.2) is 30.4 Å². The Morgan fingerprint density at radius 3 is 2.41 bits per heavy atom. The maximum Gasteiger partial charge on any atom is 0.257 e.